The lowest BCUT2D eigenvalue weighted by Crippen LogP contribution is -2.03. The van der Waals surface area contributed by atoms with E-state index in [4.69, 9.17) is 11.6 Å². The lowest BCUT2D eigenvalue weighted by Gasteiger charge is -2.13. The highest BCUT2D eigenvalue weighted by molar-refractivity contribution is 9.10. The van der Waals surface area contributed by atoms with Gasteiger partial charge in [-0.2, -0.15) is 0 Å². The number of hydrogen-bond donors (Lipinski definition) is 0. The molecule has 0 heterocycles. The molecule has 0 aliphatic heterocycles. The molecule has 16 heavy (non-hydrogen) atoms. The van der Waals surface area contributed by atoms with Gasteiger partial charge < -0.3 is 0 Å². The largest absolute Gasteiger partial charge is 0.295 e. The Morgan fingerprint density at radius 1 is 1.31 bits per heavy atom. The van der Waals surface area contributed by atoms with Crippen molar-refractivity contribution >= 4 is 38.9 Å². The maximum Gasteiger partial charge on any atom is 0.155 e. The number of halogens is 3. The first-order valence-corrected chi connectivity index (χ1v) is 6.14. The number of rotatable bonds is 1. The van der Waals surface area contributed by atoms with Crippen LogP contribution in [0.25, 0.3) is 5.57 Å². The van der Waals surface area contributed by atoms with E-state index in [0.29, 0.717) is 16.5 Å². The quantitative estimate of drug-likeness (QED) is 0.704. The first-order chi connectivity index (χ1) is 7.59. The van der Waals surface area contributed by atoms with E-state index in [-0.39, 0.29) is 10.8 Å². The van der Waals surface area contributed by atoms with Crippen molar-refractivity contribution in [3.05, 3.63) is 39.1 Å². The van der Waals surface area contributed by atoms with Gasteiger partial charge in [-0.25, -0.2) is 4.39 Å². The summed E-state index contributed by atoms with van der Waals surface area (Å²) >= 11 is 8.96. The molecule has 0 unspecified atom stereocenters. The molecule has 2 rings (SSSR count). The van der Waals surface area contributed by atoms with Crippen LogP contribution in [0.2, 0.25) is 5.02 Å². The first kappa shape index (κ1) is 11.8. The summed E-state index contributed by atoms with van der Waals surface area (Å²) in [7, 11) is 0. The lowest BCUT2D eigenvalue weighted by atomic mass is 9.93. The van der Waals surface area contributed by atoms with Crippen LogP contribution in [0.1, 0.15) is 24.8 Å². The Kier molecular flexibility index (Phi) is 3.45. The van der Waals surface area contributed by atoms with E-state index in [1.54, 1.807) is 12.1 Å². The SMILES string of the molecule is O=C1C=C(c2ccc(Br)c(Cl)c2F)CCC1. The number of ketones is 1. The van der Waals surface area contributed by atoms with Gasteiger partial charge in [-0.15, -0.1) is 0 Å². The number of benzene rings is 1. The van der Waals surface area contributed by atoms with Crippen LogP contribution in [0, 0.1) is 5.82 Å². The molecule has 1 aromatic rings. The zero-order valence-corrected chi connectivity index (χ0v) is 10.7. The van der Waals surface area contributed by atoms with Crippen LogP contribution in [0.5, 0.6) is 0 Å². The summed E-state index contributed by atoms with van der Waals surface area (Å²) in [4.78, 5) is 11.3. The Labute approximate surface area is 106 Å². The van der Waals surface area contributed by atoms with E-state index in [1.807, 2.05) is 0 Å². The van der Waals surface area contributed by atoms with E-state index < -0.39 is 5.82 Å². The highest BCUT2D eigenvalue weighted by Crippen LogP contribution is 2.33. The fourth-order valence-electron chi connectivity index (χ4n) is 1.78. The van der Waals surface area contributed by atoms with Crippen LogP contribution in [0.15, 0.2) is 22.7 Å². The minimum atomic E-state index is -0.461. The molecule has 1 aromatic carbocycles. The highest BCUT2D eigenvalue weighted by atomic mass is 79.9. The normalized spacial score (nSPS) is 16.2. The van der Waals surface area contributed by atoms with Gasteiger partial charge in [0.2, 0.25) is 0 Å². The zero-order valence-electron chi connectivity index (χ0n) is 8.40. The second-order valence-electron chi connectivity index (χ2n) is 3.71. The average molecular weight is 304 g/mol. The van der Waals surface area contributed by atoms with Gasteiger partial charge in [0.25, 0.3) is 0 Å². The highest BCUT2D eigenvalue weighted by Gasteiger charge is 2.17. The van der Waals surface area contributed by atoms with E-state index in [1.165, 1.54) is 6.08 Å². The molecule has 0 atom stereocenters. The summed E-state index contributed by atoms with van der Waals surface area (Å²) in [6.45, 7) is 0. The minimum Gasteiger partial charge on any atom is -0.295 e. The summed E-state index contributed by atoms with van der Waals surface area (Å²) in [5, 5.41) is 0.0661. The Balaban J connectivity index is 2.49. The van der Waals surface area contributed by atoms with Gasteiger partial charge in [-0.05, 0) is 46.5 Å². The molecule has 0 saturated carbocycles. The first-order valence-electron chi connectivity index (χ1n) is 4.97. The molecule has 0 aromatic heterocycles. The molecule has 84 valence electrons. The topological polar surface area (TPSA) is 17.1 Å². The van der Waals surface area contributed by atoms with Gasteiger partial charge >= 0.3 is 0 Å². The zero-order chi connectivity index (χ0) is 11.7. The molecule has 1 aliphatic carbocycles. The van der Waals surface area contributed by atoms with Gasteiger partial charge in [-0.3, -0.25) is 4.79 Å². The summed E-state index contributed by atoms with van der Waals surface area (Å²) in [5.74, 6) is -0.406. The number of allylic oxidation sites excluding steroid dienone is 2. The van der Waals surface area contributed by atoms with Crippen molar-refractivity contribution in [2.75, 3.05) is 0 Å². The fraction of sp³-hybridized carbons (Fsp3) is 0.250. The number of carbonyl (C=O) groups excluding carboxylic acids is 1. The molecule has 0 saturated heterocycles. The maximum atomic E-state index is 13.9. The molecule has 0 radical (unpaired) electrons. The monoisotopic (exact) mass is 302 g/mol. The molecule has 0 amide bonds. The van der Waals surface area contributed by atoms with Gasteiger partial charge in [0.05, 0.1) is 5.02 Å². The van der Waals surface area contributed by atoms with Crippen molar-refractivity contribution in [2.24, 2.45) is 0 Å². The van der Waals surface area contributed by atoms with Crippen LogP contribution in [0.4, 0.5) is 4.39 Å². The van der Waals surface area contributed by atoms with Gasteiger partial charge in [0.1, 0.15) is 5.82 Å². The van der Waals surface area contributed by atoms with Crippen LogP contribution in [0.3, 0.4) is 0 Å². The second-order valence-corrected chi connectivity index (χ2v) is 4.94. The smallest absolute Gasteiger partial charge is 0.155 e. The average Bonchev–Trinajstić information content (AvgIpc) is 2.26. The molecular formula is C12H9BrClFO. The summed E-state index contributed by atoms with van der Waals surface area (Å²) in [6, 6.07) is 3.34. The molecule has 0 fully saturated rings. The molecule has 1 nitrogen and oxygen atoms in total. The third kappa shape index (κ3) is 2.20. The van der Waals surface area contributed by atoms with Crippen LogP contribution in [-0.2, 0) is 4.79 Å². The summed E-state index contributed by atoms with van der Waals surface area (Å²) in [5.41, 5.74) is 1.17. The van der Waals surface area contributed by atoms with Crippen LogP contribution >= 0.6 is 27.5 Å². The molecule has 0 spiro atoms. The fourth-order valence-corrected chi connectivity index (χ4v) is 2.25. The molecule has 0 bridgehead atoms. The van der Waals surface area contributed by atoms with E-state index in [0.717, 1.165) is 18.4 Å². The van der Waals surface area contributed by atoms with Gasteiger partial charge in [0, 0.05) is 16.5 Å². The predicted molar refractivity (Wildman–Crippen MR) is 65.9 cm³/mol. The number of carbonyl (C=O) groups is 1. The van der Waals surface area contributed by atoms with Crippen molar-refractivity contribution in [2.45, 2.75) is 19.3 Å². The van der Waals surface area contributed by atoms with E-state index >= 15 is 0 Å². The second kappa shape index (κ2) is 4.68. The lowest BCUT2D eigenvalue weighted by molar-refractivity contribution is -0.114. The molecule has 4 heteroatoms. The van der Waals surface area contributed by atoms with E-state index in [9.17, 15) is 9.18 Å². The predicted octanol–water partition coefficient (Wildman–Crippen LogP) is 4.38. The Morgan fingerprint density at radius 3 is 2.75 bits per heavy atom. The van der Waals surface area contributed by atoms with Crippen molar-refractivity contribution in [1.29, 1.82) is 0 Å². The van der Waals surface area contributed by atoms with Crippen molar-refractivity contribution in [3.63, 3.8) is 0 Å². The van der Waals surface area contributed by atoms with E-state index in [2.05, 4.69) is 15.9 Å². The Hall–Kier alpha value is -0.670. The molecule has 0 N–H and O–H groups in total. The Bertz CT molecular complexity index is 482. The molecule has 1 aliphatic rings. The Morgan fingerprint density at radius 2 is 2.06 bits per heavy atom. The van der Waals surface area contributed by atoms with Crippen molar-refractivity contribution < 1.29 is 9.18 Å². The number of hydrogen-bond acceptors (Lipinski definition) is 1. The standard InChI is InChI=1S/C12H9BrClFO/c13-10-5-4-9(12(15)11(10)14)7-2-1-3-8(16)6-7/h4-6H,1-3H2. The third-order valence-corrected chi connectivity index (χ3v) is 3.84. The van der Waals surface area contributed by atoms with Crippen molar-refractivity contribution in [1.82, 2.24) is 0 Å². The van der Waals surface area contributed by atoms with Crippen LogP contribution < -0.4 is 0 Å². The van der Waals surface area contributed by atoms with Gasteiger partial charge in [0.15, 0.2) is 5.78 Å². The third-order valence-electron chi connectivity index (χ3n) is 2.59. The minimum absolute atomic E-state index is 0.0553. The maximum absolute atomic E-state index is 13.9. The summed E-state index contributed by atoms with van der Waals surface area (Å²) in [6.07, 6.45) is 3.57. The molecular weight excluding hydrogens is 294 g/mol. The van der Waals surface area contributed by atoms with Crippen molar-refractivity contribution in [3.8, 4) is 0 Å². The van der Waals surface area contributed by atoms with Gasteiger partial charge in [-0.1, -0.05) is 17.7 Å². The summed E-state index contributed by atoms with van der Waals surface area (Å²) < 4.78 is 14.4. The van der Waals surface area contributed by atoms with Crippen LogP contribution in [-0.4, -0.2) is 5.78 Å².